The second-order valence-corrected chi connectivity index (χ2v) is 26.2. The van der Waals surface area contributed by atoms with Crippen LogP contribution >= 0.6 is 0 Å². The van der Waals surface area contributed by atoms with Crippen molar-refractivity contribution < 1.29 is 42.9 Å². The molecule has 522 valence electrons. The third-order valence-electron chi connectivity index (χ3n) is 16.2. The molecule has 0 saturated heterocycles. The van der Waals surface area contributed by atoms with Gasteiger partial charge in [0.05, 0.1) is 40.3 Å². The van der Waals surface area contributed by atoms with Crippen LogP contribution < -0.4 is 5.11 Å². The molecule has 0 saturated carbocycles. The molecule has 2 unspecified atom stereocenters. The highest BCUT2D eigenvalue weighted by Gasteiger charge is 2.22. The van der Waals surface area contributed by atoms with E-state index in [1.807, 2.05) is 21.1 Å². The lowest BCUT2D eigenvalue weighted by Crippen LogP contribution is -2.44. The number of unbranched alkanes of at least 4 members (excludes halogenated alkanes) is 34. The molecule has 0 N–H and O–H groups in total. The topological polar surface area (TPSA) is 111 Å². The van der Waals surface area contributed by atoms with Gasteiger partial charge in [0.2, 0.25) is 0 Å². The number of aliphatic carboxylic acids is 1. The van der Waals surface area contributed by atoms with Crippen molar-refractivity contribution >= 4 is 17.9 Å². The molecule has 0 aliphatic carbocycles. The van der Waals surface area contributed by atoms with Crippen LogP contribution in [0.5, 0.6) is 0 Å². The van der Waals surface area contributed by atoms with Crippen molar-refractivity contribution in [3.63, 3.8) is 0 Å². The van der Waals surface area contributed by atoms with E-state index in [-0.39, 0.29) is 32.2 Å². The summed E-state index contributed by atoms with van der Waals surface area (Å²) in [5.41, 5.74) is 0. The predicted octanol–water partition coefficient (Wildman–Crippen LogP) is 22.6. The van der Waals surface area contributed by atoms with E-state index in [1.165, 1.54) is 180 Å². The Labute approximate surface area is 561 Å². The summed E-state index contributed by atoms with van der Waals surface area (Å²) in [6, 6.07) is 0. The molecule has 0 fully saturated rings. The van der Waals surface area contributed by atoms with Crippen molar-refractivity contribution in [3.05, 3.63) is 122 Å². The van der Waals surface area contributed by atoms with Gasteiger partial charge in [-0.1, -0.05) is 341 Å². The number of rotatable bonds is 69. The summed E-state index contributed by atoms with van der Waals surface area (Å²) in [7, 11) is 5.93. The van der Waals surface area contributed by atoms with Gasteiger partial charge in [-0.3, -0.25) is 9.59 Å². The normalized spacial score (nSPS) is 13.4. The number of quaternary nitrogens is 1. The lowest BCUT2D eigenvalue weighted by atomic mass is 10.0. The van der Waals surface area contributed by atoms with Crippen LogP contribution in [0.4, 0.5) is 0 Å². The van der Waals surface area contributed by atoms with E-state index in [9.17, 15) is 19.5 Å². The summed E-state index contributed by atoms with van der Waals surface area (Å²) in [6.07, 6.45) is 98.6. The van der Waals surface area contributed by atoms with Crippen molar-refractivity contribution in [1.82, 2.24) is 0 Å². The molecule has 9 heteroatoms. The highest BCUT2D eigenvalue weighted by molar-refractivity contribution is 5.70. The van der Waals surface area contributed by atoms with E-state index in [1.54, 1.807) is 0 Å². The number of carbonyl (C=O) groups is 3. The number of nitrogens with zero attached hydrogens (tertiary/aromatic N) is 1. The molecule has 0 aliphatic heterocycles. The molecule has 0 radical (unpaired) electrons. The van der Waals surface area contributed by atoms with Crippen LogP contribution in [0.1, 0.15) is 322 Å². The van der Waals surface area contributed by atoms with Crippen molar-refractivity contribution in [2.75, 3.05) is 47.5 Å². The number of likely N-dealkylation sites (N-methyl/N-ethyl adjacent to an activating group) is 1. The quantitative estimate of drug-likeness (QED) is 0.0195. The Morgan fingerprint density at radius 1 is 0.341 bits per heavy atom. The van der Waals surface area contributed by atoms with Crippen molar-refractivity contribution in [2.24, 2.45) is 0 Å². The Balaban J connectivity index is 4.11. The monoisotopic (exact) mass is 1270 g/mol. The molecule has 0 amide bonds. The van der Waals surface area contributed by atoms with Gasteiger partial charge in [0.1, 0.15) is 13.2 Å². The van der Waals surface area contributed by atoms with Gasteiger partial charge < -0.3 is 33.3 Å². The van der Waals surface area contributed by atoms with Crippen LogP contribution in [0.25, 0.3) is 0 Å². The molecule has 0 aromatic carbocycles. The van der Waals surface area contributed by atoms with Crippen LogP contribution in [0.3, 0.4) is 0 Å². The van der Waals surface area contributed by atoms with Crippen molar-refractivity contribution in [1.29, 1.82) is 0 Å². The highest BCUT2D eigenvalue weighted by atomic mass is 16.7. The van der Waals surface area contributed by atoms with Crippen molar-refractivity contribution in [2.45, 2.75) is 334 Å². The van der Waals surface area contributed by atoms with Gasteiger partial charge in [-0.15, -0.1) is 0 Å². The highest BCUT2D eigenvalue weighted by Crippen LogP contribution is 2.18. The number of carbonyl (C=O) groups excluding carboxylic acids is 3. The van der Waals surface area contributed by atoms with E-state index in [4.69, 9.17) is 18.9 Å². The maximum absolute atomic E-state index is 13.0. The van der Waals surface area contributed by atoms with Gasteiger partial charge >= 0.3 is 11.9 Å². The smallest absolute Gasteiger partial charge is 0.306 e. The van der Waals surface area contributed by atoms with Gasteiger partial charge in [-0.2, -0.15) is 0 Å². The minimum Gasteiger partial charge on any atom is -0.545 e. The molecule has 91 heavy (non-hydrogen) atoms. The van der Waals surface area contributed by atoms with Crippen LogP contribution in [0.2, 0.25) is 0 Å². The number of esters is 2. The minimum absolute atomic E-state index is 0.144. The fourth-order valence-corrected chi connectivity index (χ4v) is 10.5. The van der Waals surface area contributed by atoms with Crippen LogP contribution in [-0.2, 0) is 33.3 Å². The van der Waals surface area contributed by atoms with E-state index in [0.29, 0.717) is 23.9 Å². The number of hydrogen-bond donors (Lipinski definition) is 0. The first-order valence-electron chi connectivity index (χ1n) is 37.7. The van der Waals surface area contributed by atoms with Crippen LogP contribution in [0.15, 0.2) is 122 Å². The maximum atomic E-state index is 13.0. The average molecular weight is 1270 g/mol. The number of carboxylic acids is 1. The predicted molar refractivity (Wildman–Crippen MR) is 389 cm³/mol. The third-order valence-corrected chi connectivity index (χ3v) is 16.2. The zero-order valence-corrected chi connectivity index (χ0v) is 59.7. The van der Waals surface area contributed by atoms with E-state index in [0.717, 1.165) is 109 Å². The molecule has 0 aliphatic rings. The first-order valence-corrected chi connectivity index (χ1v) is 37.7. The molecule has 0 heterocycles. The fraction of sp³-hybridized carbons (Fsp3) is 0.720. The zero-order chi connectivity index (χ0) is 66.1. The lowest BCUT2D eigenvalue weighted by molar-refractivity contribution is -0.870. The fourth-order valence-electron chi connectivity index (χ4n) is 10.5. The van der Waals surface area contributed by atoms with Gasteiger partial charge in [0, 0.05) is 12.8 Å². The molecule has 2 atom stereocenters. The van der Waals surface area contributed by atoms with Gasteiger partial charge in [0.15, 0.2) is 12.4 Å². The molecule has 0 aromatic heterocycles. The second-order valence-electron chi connectivity index (χ2n) is 26.2. The largest absolute Gasteiger partial charge is 0.545 e. The van der Waals surface area contributed by atoms with Gasteiger partial charge in [-0.05, 0) is 89.9 Å². The molecule has 9 nitrogen and oxygen atoms in total. The third kappa shape index (κ3) is 73.0. The minimum atomic E-state index is -1.63. The summed E-state index contributed by atoms with van der Waals surface area (Å²) < 4.78 is 22.8. The summed E-state index contributed by atoms with van der Waals surface area (Å²) in [5.74, 6) is -2.28. The first kappa shape index (κ1) is 86.7. The standard InChI is InChI=1S/C82H141NO8/c1-6-8-10-12-14-16-18-20-22-24-26-28-30-32-33-34-35-36-37-38-39-40-41-42-43-44-45-46-47-49-51-53-55-57-59-61-63-65-67-69-71-73-80(85)91-78(77-90-82(81(86)87)88-75-74-83(3,4)5)76-89-79(84)72-70-68-66-64-62-60-58-56-54-52-50-48-31-29-27-25-23-21-19-17-15-13-11-9-7-2/h8,10,14,16,20,22,26,28,32-33,35-36,38-39,41-42,44-45,47,49,78,82H,6-7,9,11-13,15,17-19,21,23-25,27,29-31,34,37,40,43,46,48,50-77H2,1-5H3/b10-8-,16-14-,22-20-,28-26-,33-32-,36-35-,39-38-,42-41-,45-44-,49-47-. The van der Waals surface area contributed by atoms with E-state index in [2.05, 4.69) is 135 Å². The number of hydrogen-bond acceptors (Lipinski definition) is 8. The van der Waals surface area contributed by atoms with Gasteiger partial charge in [-0.25, -0.2) is 0 Å². The molecule has 0 aromatic rings. The second kappa shape index (κ2) is 71.5. The number of ether oxygens (including phenoxy) is 4. The molecule has 0 spiro atoms. The SMILES string of the molecule is CC/C=C\C/C=C\C/C=C\C/C=C\C/C=C\C/C=C\C/C=C\C/C=C\C/C=C\C/C=C\CCCCCCCCCCCCC(=O)OC(COC(=O)CCCCCCCCCCCCCCCCCCCCCCCCCCC)COC(OCC[N+](C)(C)C)C(=O)[O-]. The zero-order valence-electron chi connectivity index (χ0n) is 59.7. The summed E-state index contributed by atoms with van der Waals surface area (Å²) >= 11 is 0. The lowest BCUT2D eigenvalue weighted by Gasteiger charge is -2.26. The average Bonchev–Trinajstić information content (AvgIpc) is 3.53. The molecular formula is C82H141NO8. The number of carboxylic acid groups (broad SMARTS) is 1. The summed E-state index contributed by atoms with van der Waals surface area (Å²) in [5, 5.41) is 11.8. The Kier molecular flexibility index (Phi) is 68.1. The first-order chi connectivity index (χ1) is 44.6. The Morgan fingerprint density at radius 3 is 0.934 bits per heavy atom. The number of allylic oxidation sites excluding steroid dienone is 20. The van der Waals surface area contributed by atoms with Gasteiger partial charge in [0.25, 0.3) is 0 Å². The van der Waals surface area contributed by atoms with E-state index < -0.39 is 24.3 Å². The Hall–Kier alpha value is -4.31. The maximum Gasteiger partial charge on any atom is 0.306 e. The van der Waals surface area contributed by atoms with Crippen LogP contribution in [-0.4, -0.2) is 82.3 Å². The summed E-state index contributed by atoms with van der Waals surface area (Å²) in [4.78, 5) is 37.5. The molecule has 0 rings (SSSR count). The van der Waals surface area contributed by atoms with Crippen molar-refractivity contribution in [3.8, 4) is 0 Å². The Bertz CT molecular complexity index is 1910. The van der Waals surface area contributed by atoms with Crippen LogP contribution in [0, 0.1) is 0 Å². The Morgan fingerprint density at radius 2 is 0.626 bits per heavy atom. The molecular weight excluding hydrogens is 1130 g/mol. The molecule has 0 bridgehead atoms. The summed E-state index contributed by atoms with van der Waals surface area (Å²) in [6.45, 7) is 4.66. The van der Waals surface area contributed by atoms with E-state index >= 15 is 0 Å².